The minimum atomic E-state index is -4.41. The lowest BCUT2D eigenvalue weighted by Gasteiger charge is -2.02. The smallest absolute Gasteiger partial charge is 0.245 e. The first kappa shape index (κ1) is 9.02. The van der Waals surface area contributed by atoms with E-state index in [1.54, 1.807) is 6.92 Å². The Hall–Kier alpha value is -1.07. The van der Waals surface area contributed by atoms with Gasteiger partial charge < -0.3 is 0 Å². The van der Waals surface area contributed by atoms with Gasteiger partial charge in [0.25, 0.3) is 0 Å². The molecule has 6 heteroatoms. The van der Waals surface area contributed by atoms with Crippen molar-refractivity contribution in [2.75, 3.05) is 0 Å². The van der Waals surface area contributed by atoms with Crippen LogP contribution in [0.3, 0.4) is 0 Å². The van der Waals surface area contributed by atoms with E-state index >= 15 is 0 Å². The van der Waals surface area contributed by atoms with E-state index in [0.717, 1.165) is 4.68 Å². The molecule has 0 atom stereocenters. The summed E-state index contributed by atoms with van der Waals surface area (Å²) in [6.45, 7) is 1.70. The van der Waals surface area contributed by atoms with Gasteiger partial charge in [0.15, 0.2) is 5.82 Å². The zero-order valence-corrected chi connectivity index (χ0v) is 6.68. The van der Waals surface area contributed by atoms with Crippen molar-refractivity contribution in [3.63, 3.8) is 0 Å². The Bertz CT molecular complexity index is 276. The summed E-state index contributed by atoms with van der Waals surface area (Å²) >= 11 is 0. The molecule has 0 spiro atoms. The van der Waals surface area contributed by atoms with Crippen molar-refractivity contribution in [2.24, 2.45) is 7.05 Å². The van der Waals surface area contributed by atoms with Crippen LogP contribution in [0.5, 0.6) is 0 Å². The standard InChI is InChI=1S/C6H8F3N3/c1-3-4-10-5(6(7,8)9)12(2)11-4/h3H2,1-2H3. The molecule has 1 aromatic heterocycles. The van der Waals surface area contributed by atoms with Gasteiger partial charge in [0, 0.05) is 13.5 Å². The molecule has 1 aromatic rings. The molecule has 0 amide bonds. The Balaban J connectivity index is 3.08. The molecular formula is C6H8F3N3. The fourth-order valence-electron chi connectivity index (χ4n) is 0.834. The van der Waals surface area contributed by atoms with Crippen molar-refractivity contribution < 1.29 is 13.2 Å². The molecule has 12 heavy (non-hydrogen) atoms. The monoisotopic (exact) mass is 179 g/mol. The van der Waals surface area contributed by atoms with E-state index in [1.165, 1.54) is 7.05 Å². The molecular weight excluding hydrogens is 171 g/mol. The number of aryl methyl sites for hydroxylation is 2. The lowest BCUT2D eigenvalue weighted by Crippen LogP contribution is -2.13. The highest BCUT2D eigenvalue weighted by atomic mass is 19.4. The molecule has 0 aliphatic rings. The van der Waals surface area contributed by atoms with Crippen LogP contribution in [-0.4, -0.2) is 14.8 Å². The molecule has 0 N–H and O–H groups in total. The van der Waals surface area contributed by atoms with E-state index in [0.29, 0.717) is 6.42 Å². The Kier molecular flexibility index (Phi) is 2.08. The molecule has 0 saturated heterocycles. The van der Waals surface area contributed by atoms with Crippen LogP contribution in [0.15, 0.2) is 0 Å². The largest absolute Gasteiger partial charge is 0.451 e. The second-order valence-electron chi connectivity index (χ2n) is 2.33. The van der Waals surface area contributed by atoms with E-state index in [1.807, 2.05) is 0 Å². The number of halogens is 3. The first-order chi connectivity index (χ1) is 5.45. The highest BCUT2D eigenvalue weighted by Gasteiger charge is 2.36. The average molecular weight is 179 g/mol. The fourth-order valence-corrected chi connectivity index (χ4v) is 0.834. The molecule has 0 unspecified atom stereocenters. The summed E-state index contributed by atoms with van der Waals surface area (Å²) in [6.07, 6.45) is -4.00. The topological polar surface area (TPSA) is 30.7 Å². The number of rotatable bonds is 1. The summed E-state index contributed by atoms with van der Waals surface area (Å²) in [5.41, 5.74) is 0. The van der Waals surface area contributed by atoms with Crippen molar-refractivity contribution in [1.29, 1.82) is 0 Å². The van der Waals surface area contributed by atoms with Gasteiger partial charge in [0.05, 0.1) is 0 Å². The summed E-state index contributed by atoms with van der Waals surface area (Å²) in [7, 11) is 1.23. The van der Waals surface area contributed by atoms with Gasteiger partial charge in [-0.15, -0.1) is 0 Å². The summed E-state index contributed by atoms with van der Waals surface area (Å²) in [5.74, 6) is -0.732. The molecule has 0 aliphatic heterocycles. The average Bonchev–Trinajstić information content (AvgIpc) is 2.29. The van der Waals surface area contributed by atoms with Gasteiger partial charge in [-0.05, 0) is 0 Å². The molecule has 1 heterocycles. The van der Waals surface area contributed by atoms with Crippen LogP contribution in [0.1, 0.15) is 18.6 Å². The second-order valence-corrected chi connectivity index (χ2v) is 2.33. The minimum absolute atomic E-state index is 0.213. The molecule has 0 fully saturated rings. The van der Waals surface area contributed by atoms with Gasteiger partial charge in [-0.3, -0.25) is 0 Å². The molecule has 3 nitrogen and oxygen atoms in total. The summed E-state index contributed by atoms with van der Waals surface area (Å²) in [6, 6.07) is 0. The van der Waals surface area contributed by atoms with Gasteiger partial charge >= 0.3 is 6.18 Å². The van der Waals surface area contributed by atoms with Crippen LogP contribution in [0.25, 0.3) is 0 Å². The highest BCUT2D eigenvalue weighted by molar-refractivity contribution is 4.96. The first-order valence-electron chi connectivity index (χ1n) is 3.42. The number of aromatic nitrogens is 3. The Morgan fingerprint density at radius 2 is 2.00 bits per heavy atom. The van der Waals surface area contributed by atoms with Gasteiger partial charge in [-0.25, -0.2) is 9.67 Å². The first-order valence-corrected chi connectivity index (χ1v) is 3.42. The van der Waals surface area contributed by atoms with Crippen molar-refractivity contribution in [1.82, 2.24) is 14.8 Å². The Morgan fingerprint density at radius 1 is 1.42 bits per heavy atom. The number of hydrogen-bond donors (Lipinski definition) is 0. The SMILES string of the molecule is CCc1nc(C(F)(F)F)n(C)n1. The summed E-state index contributed by atoms with van der Waals surface area (Å²) in [5, 5.41) is 3.58. The predicted molar refractivity (Wildman–Crippen MR) is 35.4 cm³/mol. The molecule has 1 rings (SSSR count). The highest BCUT2D eigenvalue weighted by Crippen LogP contribution is 2.26. The summed E-state index contributed by atoms with van der Waals surface area (Å²) < 4.78 is 37.0. The van der Waals surface area contributed by atoms with Crippen molar-refractivity contribution in [2.45, 2.75) is 19.5 Å². The van der Waals surface area contributed by atoms with Gasteiger partial charge in [0.1, 0.15) is 0 Å². The minimum Gasteiger partial charge on any atom is -0.245 e. The lowest BCUT2D eigenvalue weighted by atomic mass is 10.5. The molecule has 0 bridgehead atoms. The van der Waals surface area contributed by atoms with Crippen molar-refractivity contribution >= 4 is 0 Å². The molecule has 68 valence electrons. The molecule has 0 radical (unpaired) electrons. The van der Waals surface area contributed by atoms with Crippen molar-refractivity contribution in [3.05, 3.63) is 11.6 Å². The van der Waals surface area contributed by atoms with Crippen LogP contribution in [0.2, 0.25) is 0 Å². The molecule has 0 saturated carbocycles. The van der Waals surface area contributed by atoms with Gasteiger partial charge in [-0.1, -0.05) is 6.92 Å². The zero-order chi connectivity index (χ0) is 9.35. The summed E-state index contributed by atoms with van der Waals surface area (Å²) in [4.78, 5) is 3.33. The zero-order valence-electron chi connectivity index (χ0n) is 6.68. The second kappa shape index (κ2) is 2.76. The van der Waals surface area contributed by atoms with Crippen LogP contribution in [0, 0.1) is 0 Å². The maximum absolute atomic E-state index is 12.1. The number of hydrogen-bond acceptors (Lipinski definition) is 2. The third-order valence-corrected chi connectivity index (χ3v) is 1.38. The van der Waals surface area contributed by atoms with Gasteiger partial charge in [0.2, 0.25) is 5.82 Å². The predicted octanol–water partition coefficient (Wildman–Crippen LogP) is 1.40. The quantitative estimate of drug-likeness (QED) is 0.652. The van der Waals surface area contributed by atoms with Crippen LogP contribution in [0.4, 0.5) is 13.2 Å². The maximum Gasteiger partial charge on any atom is 0.451 e. The normalized spacial score (nSPS) is 12.1. The number of nitrogens with zero attached hydrogens (tertiary/aromatic N) is 3. The Morgan fingerprint density at radius 3 is 2.25 bits per heavy atom. The van der Waals surface area contributed by atoms with Crippen LogP contribution in [-0.2, 0) is 19.6 Å². The van der Waals surface area contributed by atoms with E-state index in [9.17, 15) is 13.2 Å². The van der Waals surface area contributed by atoms with E-state index in [-0.39, 0.29) is 5.82 Å². The fraction of sp³-hybridized carbons (Fsp3) is 0.667. The van der Waals surface area contributed by atoms with Crippen molar-refractivity contribution in [3.8, 4) is 0 Å². The lowest BCUT2D eigenvalue weighted by molar-refractivity contribution is -0.147. The van der Waals surface area contributed by atoms with E-state index < -0.39 is 12.0 Å². The third kappa shape index (κ3) is 1.57. The molecule has 0 aromatic carbocycles. The van der Waals surface area contributed by atoms with Crippen LogP contribution >= 0.6 is 0 Å². The third-order valence-electron chi connectivity index (χ3n) is 1.38. The van der Waals surface area contributed by atoms with Crippen LogP contribution < -0.4 is 0 Å². The number of alkyl halides is 3. The van der Waals surface area contributed by atoms with Gasteiger partial charge in [-0.2, -0.15) is 18.3 Å². The molecule has 0 aliphatic carbocycles. The Labute approximate surface area is 67.2 Å². The van der Waals surface area contributed by atoms with E-state index in [2.05, 4.69) is 10.1 Å². The maximum atomic E-state index is 12.1. The van der Waals surface area contributed by atoms with E-state index in [4.69, 9.17) is 0 Å².